The van der Waals surface area contributed by atoms with E-state index in [2.05, 4.69) is 29.6 Å². The number of pyridine rings is 1. The second-order valence-electron chi connectivity index (χ2n) is 6.56. The lowest BCUT2D eigenvalue weighted by Crippen LogP contribution is -2.19. The molecular weight excluding hydrogens is 320 g/mol. The molecule has 2 heterocycles. The number of aromatic nitrogens is 1. The van der Waals surface area contributed by atoms with E-state index in [1.54, 1.807) is 0 Å². The Balaban J connectivity index is 1.96. The van der Waals surface area contributed by atoms with Crippen molar-refractivity contribution in [2.75, 3.05) is 5.32 Å². The van der Waals surface area contributed by atoms with Crippen molar-refractivity contribution in [2.24, 2.45) is 0 Å². The highest BCUT2D eigenvalue weighted by Gasteiger charge is 2.19. The predicted octanol–water partition coefficient (Wildman–Crippen LogP) is 5.35. The molecule has 0 bridgehead atoms. The monoisotopic (exact) mass is 338 g/mol. The number of hydrogen-bond donors (Lipinski definition) is 1. The maximum atomic E-state index is 13.4. The first kappa shape index (κ1) is 15.0. The predicted molar refractivity (Wildman–Crippen MR) is 109 cm³/mol. The van der Waals surface area contributed by atoms with Gasteiger partial charge in [0.1, 0.15) is 0 Å². The summed E-state index contributed by atoms with van der Waals surface area (Å²) < 4.78 is 1.88. The molecular formula is C23H18N2O. The molecule has 0 aliphatic rings. The molecule has 5 rings (SSSR count). The Labute approximate surface area is 150 Å². The molecule has 126 valence electrons. The van der Waals surface area contributed by atoms with E-state index in [0.29, 0.717) is 6.42 Å². The lowest BCUT2D eigenvalue weighted by Gasteiger charge is -2.15. The SMILES string of the molecule is CCc1c(Nc2ccccc2)c2cccc3c4ccccc4n(c1=O)c23. The zero-order valence-corrected chi connectivity index (χ0v) is 14.5. The van der Waals surface area contributed by atoms with Crippen LogP contribution in [0.5, 0.6) is 0 Å². The number of rotatable bonds is 3. The zero-order valence-electron chi connectivity index (χ0n) is 14.5. The molecule has 3 heteroatoms. The highest BCUT2D eigenvalue weighted by atomic mass is 16.1. The van der Waals surface area contributed by atoms with Crippen LogP contribution < -0.4 is 10.9 Å². The maximum absolute atomic E-state index is 13.4. The molecule has 5 aromatic rings. The average molecular weight is 338 g/mol. The van der Waals surface area contributed by atoms with Crippen molar-refractivity contribution in [2.45, 2.75) is 13.3 Å². The van der Waals surface area contributed by atoms with Gasteiger partial charge in [0.2, 0.25) is 0 Å². The third-order valence-corrected chi connectivity index (χ3v) is 5.12. The number of benzene rings is 3. The van der Waals surface area contributed by atoms with Gasteiger partial charge in [0, 0.05) is 27.4 Å². The lowest BCUT2D eigenvalue weighted by molar-refractivity contribution is 1.05. The third kappa shape index (κ3) is 1.97. The third-order valence-electron chi connectivity index (χ3n) is 5.12. The van der Waals surface area contributed by atoms with Gasteiger partial charge in [-0.15, -0.1) is 0 Å². The van der Waals surface area contributed by atoms with E-state index in [1.165, 1.54) is 0 Å². The van der Waals surface area contributed by atoms with Crippen LogP contribution in [0.15, 0.2) is 77.6 Å². The van der Waals surface area contributed by atoms with Gasteiger partial charge in [-0.25, -0.2) is 0 Å². The molecule has 0 aliphatic carbocycles. The second-order valence-corrected chi connectivity index (χ2v) is 6.56. The smallest absolute Gasteiger partial charge is 0.260 e. The molecule has 26 heavy (non-hydrogen) atoms. The topological polar surface area (TPSA) is 33.5 Å². The molecule has 0 radical (unpaired) electrons. The highest BCUT2D eigenvalue weighted by molar-refractivity contribution is 6.16. The number of nitrogens with one attached hydrogen (secondary N) is 1. The fraction of sp³-hybridized carbons (Fsp3) is 0.0870. The van der Waals surface area contributed by atoms with E-state index in [4.69, 9.17) is 0 Å². The Bertz CT molecular complexity index is 1300. The quantitative estimate of drug-likeness (QED) is 0.481. The average Bonchev–Trinajstić information content (AvgIpc) is 3.03. The van der Waals surface area contributed by atoms with Gasteiger partial charge in [-0.1, -0.05) is 61.5 Å². The van der Waals surface area contributed by atoms with Crippen molar-refractivity contribution in [3.8, 4) is 0 Å². The first-order chi connectivity index (χ1) is 12.8. The molecule has 0 unspecified atom stereocenters. The van der Waals surface area contributed by atoms with Crippen LogP contribution in [0.3, 0.4) is 0 Å². The minimum atomic E-state index is 0.0656. The summed E-state index contributed by atoms with van der Waals surface area (Å²) in [6.07, 6.45) is 0.677. The van der Waals surface area contributed by atoms with Crippen LogP contribution in [-0.2, 0) is 6.42 Å². The molecule has 0 fully saturated rings. The lowest BCUT2D eigenvalue weighted by atomic mass is 10.0. The van der Waals surface area contributed by atoms with Crippen LogP contribution in [0.4, 0.5) is 11.4 Å². The molecule has 3 nitrogen and oxygen atoms in total. The largest absolute Gasteiger partial charge is 0.355 e. The van der Waals surface area contributed by atoms with Crippen LogP contribution in [0.25, 0.3) is 27.2 Å². The van der Waals surface area contributed by atoms with Crippen molar-refractivity contribution in [3.05, 3.63) is 88.7 Å². The second kappa shape index (κ2) is 5.60. The summed E-state index contributed by atoms with van der Waals surface area (Å²) in [5, 5.41) is 6.82. The number of anilines is 2. The van der Waals surface area contributed by atoms with Crippen LogP contribution in [-0.4, -0.2) is 4.40 Å². The Hall–Kier alpha value is -3.33. The fourth-order valence-electron chi connectivity index (χ4n) is 3.97. The Morgan fingerprint density at radius 3 is 2.31 bits per heavy atom. The van der Waals surface area contributed by atoms with Gasteiger partial charge in [-0.05, 0) is 24.6 Å². The van der Waals surface area contributed by atoms with E-state index in [1.807, 2.05) is 59.9 Å². The Kier molecular flexibility index (Phi) is 3.22. The number of para-hydroxylation sites is 3. The van der Waals surface area contributed by atoms with Gasteiger partial charge in [-0.2, -0.15) is 0 Å². The van der Waals surface area contributed by atoms with Gasteiger partial charge in [-0.3, -0.25) is 9.20 Å². The molecule has 1 N–H and O–H groups in total. The van der Waals surface area contributed by atoms with Gasteiger partial charge in [0.05, 0.1) is 16.7 Å². The molecule has 2 aromatic heterocycles. The van der Waals surface area contributed by atoms with E-state index in [9.17, 15) is 4.79 Å². The number of nitrogens with zero attached hydrogens (tertiary/aromatic N) is 1. The summed E-state index contributed by atoms with van der Waals surface area (Å²) in [7, 11) is 0. The van der Waals surface area contributed by atoms with E-state index >= 15 is 0 Å². The summed E-state index contributed by atoms with van der Waals surface area (Å²) >= 11 is 0. The van der Waals surface area contributed by atoms with Crippen molar-refractivity contribution in [3.63, 3.8) is 0 Å². The molecule has 0 saturated heterocycles. The van der Waals surface area contributed by atoms with Crippen molar-refractivity contribution < 1.29 is 0 Å². The summed E-state index contributed by atoms with van der Waals surface area (Å²) in [4.78, 5) is 13.4. The summed E-state index contributed by atoms with van der Waals surface area (Å²) in [6, 6.07) is 24.4. The van der Waals surface area contributed by atoms with Crippen LogP contribution in [0.1, 0.15) is 12.5 Å². The minimum absolute atomic E-state index is 0.0656. The molecule has 0 amide bonds. The van der Waals surface area contributed by atoms with E-state index < -0.39 is 0 Å². The van der Waals surface area contributed by atoms with Crippen molar-refractivity contribution in [1.29, 1.82) is 0 Å². The van der Waals surface area contributed by atoms with E-state index in [0.717, 1.165) is 44.1 Å². The molecule has 0 aliphatic heterocycles. The van der Waals surface area contributed by atoms with Crippen LogP contribution >= 0.6 is 0 Å². The van der Waals surface area contributed by atoms with Crippen molar-refractivity contribution >= 4 is 38.6 Å². The number of fused-ring (bicyclic) bond motifs is 3. The number of hydrogen-bond acceptors (Lipinski definition) is 2. The van der Waals surface area contributed by atoms with Crippen molar-refractivity contribution in [1.82, 2.24) is 4.40 Å². The normalized spacial score (nSPS) is 11.6. The first-order valence-corrected chi connectivity index (χ1v) is 8.92. The summed E-state index contributed by atoms with van der Waals surface area (Å²) in [5.74, 6) is 0. The van der Waals surface area contributed by atoms with Gasteiger partial charge < -0.3 is 5.32 Å². The van der Waals surface area contributed by atoms with Gasteiger partial charge in [0.25, 0.3) is 5.56 Å². The van der Waals surface area contributed by atoms with Gasteiger partial charge >= 0.3 is 0 Å². The maximum Gasteiger partial charge on any atom is 0.260 e. The van der Waals surface area contributed by atoms with Crippen LogP contribution in [0, 0.1) is 0 Å². The Morgan fingerprint density at radius 2 is 1.50 bits per heavy atom. The van der Waals surface area contributed by atoms with Crippen LogP contribution in [0.2, 0.25) is 0 Å². The summed E-state index contributed by atoms with van der Waals surface area (Å²) in [5.41, 5.74) is 4.76. The first-order valence-electron chi connectivity index (χ1n) is 8.92. The standard InChI is InChI=1S/C23H18N2O/c1-2-16-21(24-15-9-4-3-5-10-15)19-13-8-12-18-17-11-6-7-14-20(17)25(22(18)19)23(16)26/h3-14,24H,2H2,1H3. The highest BCUT2D eigenvalue weighted by Crippen LogP contribution is 2.36. The Morgan fingerprint density at radius 1 is 0.808 bits per heavy atom. The van der Waals surface area contributed by atoms with Gasteiger partial charge in [0.15, 0.2) is 0 Å². The van der Waals surface area contributed by atoms with E-state index in [-0.39, 0.29) is 5.56 Å². The molecule has 0 saturated carbocycles. The molecule has 3 aromatic carbocycles. The zero-order chi connectivity index (χ0) is 17.7. The molecule has 0 atom stereocenters. The minimum Gasteiger partial charge on any atom is -0.355 e. The summed E-state index contributed by atoms with van der Waals surface area (Å²) in [6.45, 7) is 2.04. The fourth-order valence-corrected chi connectivity index (χ4v) is 3.97. The molecule has 0 spiro atoms.